The van der Waals surface area contributed by atoms with Gasteiger partial charge in [-0.2, -0.15) is 0 Å². The summed E-state index contributed by atoms with van der Waals surface area (Å²) in [5.74, 6) is 0.869. The summed E-state index contributed by atoms with van der Waals surface area (Å²) in [5.41, 5.74) is 3.40. The van der Waals surface area contributed by atoms with E-state index in [4.69, 9.17) is 0 Å². The Hall–Kier alpha value is -1.97. The maximum atomic E-state index is 4.44. The Morgan fingerprint density at radius 1 is 1.16 bits per heavy atom. The van der Waals surface area contributed by atoms with Crippen LogP contribution < -0.4 is 10.2 Å². The Kier molecular flexibility index (Phi) is 4.10. The largest absolute Gasteiger partial charge is 0.372 e. The molecular formula is C15H22N4. The van der Waals surface area contributed by atoms with Crippen LogP contribution in [0.1, 0.15) is 19.5 Å². The van der Waals surface area contributed by atoms with Crippen LogP contribution in [0, 0.1) is 6.92 Å². The van der Waals surface area contributed by atoms with E-state index >= 15 is 0 Å². The van der Waals surface area contributed by atoms with Gasteiger partial charge >= 0.3 is 0 Å². The molecule has 2 rings (SSSR count). The van der Waals surface area contributed by atoms with Gasteiger partial charge in [0.05, 0.1) is 5.69 Å². The minimum Gasteiger partial charge on any atom is -0.372 e. The quantitative estimate of drug-likeness (QED) is 0.894. The minimum atomic E-state index is 0.869. The van der Waals surface area contributed by atoms with Crippen LogP contribution in [0.2, 0.25) is 0 Å². The Balaban J connectivity index is 2.31. The zero-order chi connectivity index (χ0) is 13.8. The standard InChI is InChI=1S/C15H22N4/c1-5-18(6-2)13-7-9-14(10-8-13)19-11-12(3)17-15(19)16-4/h7-11H,5-6H2,1-4H3,(H,16,17). The molecule has 19 heavy (non-hydrogen) atoms. The minimum absolute atomic E-state index is 0.869. The smallest absolute Gasteiger partial charge is 0.207 e. The lowest BCUT2D eigenvalue weighted by molar-refractivity contribution is 0.865. The van der Waals surface area contributed by atoms with Crippen LogP contribution in [0.4, 0.5) is 11.6 Å². The Morgan fingerprint density at radius 3 is 2.32 bits per heavy atom. The average Bonchev–Trinajstić information content (AvgIpc) is 2.82. The van der Waals surface area contributed by atoms with Crippen molar-refractivity contribution < 1.29 is 0 Å². The van der Waals surface area contributed by atoms with Crippen molar-refractivity contribution in [3.8, 4) is 5.69 Å². The number of rotatable bonds is 5. The normalized spacial score (nSPS) is 10.5. The van der Waals surface area contributed by atoms with E-state index in [1.807, 2.05) is 20.2 Å². The third-order valence-electron chi connectivity index (χ3n) is 3.31. The second-order valence-electron chi connectivity index (χ2n) is 4.51. The first-order chi connectivity index (χ1) is 9.19. The molecule has 0 aliphatic rings. The highest BCUT2D eigenvalue weighted by Gasteiger charge is 2.07. The highest BCUT2D eigenvalue weighted by Crippen LogP contribution is 2.20. The molecule has 0 aliphatic heterocycles. The van der Waals surface area contributed by atoms with E-state index in [0.717, 1.165) is 30.4 Å². The number of hydrogen-bond acceptors (Lipinski definition) is 3. The maximum Gasteiger partial charge on any atom is 0.207 e. The van der Waals surface area contributed by atoms with Crippen LogP contribution >= 0.6 is 0 Å². The molecule has 1 aromatic heterocycles. The van der Waals surface area contributed by atoms with Crippen molar-refractivity contribution >= 4 is 11.6 Å². The first kappa shape index (κ1) is 13.5. The summed E-state index contributed by atoms with van der Waals surface area (Å²) < 4.78 is 2.07. The molecule has 102 valence electrons. The van der Waals surface area contributed by atoms with Crippen LogP contribution in [0.3, 0.4) is 0 Å². The highest BCUT2D eigenvalue weighted by atomic mass is 15.2. The van der Waals surface area contributed by atoms with Crippen LogP contribution in [0.5, 0.6) is 0 Å². The van der Waals surface area contributed by atoms with E-state index in [-0.39, 0.29) is 0 Å². The Bertz CT molecular complexity index is 524. The number of aromatic nitrogens is 2. The van der Waals surface area contributed by atoms with Gasteiger partial charge in [-0.3, -0.25) is 4.57 Å². The SMILES string of the molecule is CCN(CC)c1ccc(-n2cc(C)nc2NC)cc1. The van der Waals surface area contributed by atoms with Crippen molar-refractivity contribution in [3.63, 3.8) is 0 Å². The van der Waals surface area contributed by atoms with Gasteiger partial charge in [0.15, 0.2) is 0 Å². The summed E-state index contributed by atoms with van der Waals surface area (Å²) in [7, 11) is 1.89. The lowest BCUT2D eigenvalue weighted by Crippen LogP contribution is -2.21. The molecule has 0 aliphatic carbocycles. The topological polar surface area (TPSA) is 33.1 Å². The zero-order valence-corrected chi connectivity index (χ0v) is 12.1. The lowest BCUT2D eigenvalue weighted by atomic mass is 10.2. The molecule has 4 heteroatoms. The van der Waals surface area contributed by atoms with Gasteiger partial charge in [0.25, 0.3) is 0 Å². The summed E-state index contributed by atoms with van der Waals surface area (Å²) in [4.78, 5) is 6.77. The first-order valence-electron chi connectivity index (χ1n) is 6.78. The highest BCUT2D eigenvalue weighted by molar-refractivity contribution is 5.52. The number of benzene rings is 1. The zero-order valence-electron chi connectivity index (χ0n) is 12.1. The van der Waals surface area contributed by atoms with Crippen molar-refractivity contribution in [2.45, 2.75) is 20.8 Å². The molecule has 0 amide bonds. The summed E-state index contributed by atoms with van der Waals surface area (Å²) in [6.07, 6.45) is 2.04. The summed E-state index contributed by atoms with van der Waals surface area (Å²) in [6, 6.07) is 8.60. The fourth-order valence-corrected chi connectivity index (χ4v) is 2.28. The van der Waals surface area contributed by atoms with E-state index < -0.39 is 0 Å². The number of imidazole rings is 1. The average molecular weight is 258 g/mol. The van der Waals surface area contributed by atoms with Crippen molar-refractivity contribution in [3.05, 3.63) is 36.2 Å². The summed E-state index contributed by atoms with van der Waals surface area (Å²) >= 11 is 0. The van der Waals surface area contributed by atoms with E-state index in [1.165, 1.54) is 5.69 Å². The fourth-order valence-electron chi connectivity index (χ4n) is 2.28. The number of anilines is 2. The second kappa shape index (κ2) is 5.78. The Morgan fingerprint density at radius 2 is 1.79 bits per heavy atom. The number of nitrogens with zero attached hydrogens (tertiary/aromatic N) is 3. The van der Waals surface area contributed by atoms with Gasteiger partial charge in [0.1, 0.15) is 0 Å². The van der Waals surface area contributed by atoms with Gasteiger partial charge in [-0.1, -0.05) is 0 Å². The summed E-state index contributed by atoms with van der Waals surface area (Å²) in [5, 5.41) is 3.12. The molecule has 0 unspecified atom stereocenters. The van der Waals surface area contributed by atoms with Crippen LogP contribution in [-0.2, 0) is 0 Å². The van der Waals surface area contributed by atoms with Crippen LogP contribution in [0.15, 0.2) is 30.5 Å². The van der Waals surface area contributed by atoms with E-state index in [9.17, 15) is 0 Å². The third-order valence-corrected chi connectivity index (χ3v) is 3.31. The predicted octanol–water partition coefficient (Wildman–Crippen LogP) is 3.07. The molecular weight excluding hydrogens is 236 g/mol. The Labute approximate surface area is 115 Å². The predicted molar refractivity (Wildman–Crippen MR) is 81.4 cm³/mol. The molecule has 0 saturated heterocycles. The second-order valence-corrected chi connectivity index (χ2v) is 4.51. The first-order valence-corrected chi connectivity index (χ1v) is 6.78. The molecule has 0 atom stereocenters. The van der Waals surface area contributed by atoms with E-state index in [0.29, 0.717) is 0 Å². The van der Waals surface area contributed by atoms with Crippen LogP contribution in [0.25, 0.3) is 5.69 Å². The molecule has 4 nitrogen and oxygen atoms in total. The van der Waals surface area contributed by atoms with E-state index in [1.54, 1.807) is 0 Å². The molecule has 2 aromatic rings. The monoisotopic (exact) mass is 258 g/mol. The number of hydrogen-bond donors (Lipinski definition) is 1. The van der Waals surface area contributed by atoms with Gasteiger partial charge in [-0.05, 0) is 45.0 Å². The molecule has 0 radical (unpaired) electrons. The molecule has 0 saturated carbocycles. The summed E-state index contributed by atoms with van der Waals surface area (Å²) in [6.45, 7) is 8.41. The van der Waals surface area contributed by atoms with Crippen molar-refractivity contribution in [2.75, 3.05) is 30.4 Å². The van der Waals surface area contributed by atoms with Crippen molar-refractivity contribution in [1.82, 2.24) is 9.55 Å². The lowest BCUT2D eigenvalue weighted by Gasteiger charge is -2.21. The molecule has 0 bridgehead atoms. The molecule has 1 heterocycles. The molecule has 0 fully saturated rings. The van der Waals surface area contributed by atoms with Gasteiger partial charge in [0, 0.05) is 37.7 Å². The van der Waals surface area contributed by atoms with Crippen LogP contribution in [-0.4, -0.2) is 29.7 Å². The van der Waals surface area contributed by atoms with Crippen molar-refractivity contribution in [2.24, 2.45) is 0 Å². The third kappa shape index (κ3) is 2.72. The van der Waals surface area contributed by atoms with E-state index in [2.05, 4.69) is 57.9 Å². The van der Waals surface area contributed by atoms with Gasteiger partial charge in [-0.25, -0.2) is 4.98 Å². The van der Waals surface area contributed by atoms with Gasteiger partial charge < -0.3 is 10.2 Å². The van der Waals surface area contributed by atoms with Crippen molar-refractivity contribution in [1.29, 1.82) is 0 Å². The number of aryl methyl sites for hydroxylation is 1. The molecule has 0 spiro atoms. The van der Waals surface area contributed by atoms with Gasteiger partial charge in [-0.15, -0.1) is 0 Å². The van der Waals surface area contributed by atoms with Gasteiger partial charge in [0.2, 0.25) is 5.95 Å². The molecule has 1 N–H and O–H groups in total. The molecule has 1 aromatic carbocycles. The maximum absolute atomic E-state index is 4.44. The fraction of sp³-hybridized carbons (Fsp3) is 0.400. The number of nitrogens with one attached hydrogen (secondary N) is 1.